The summed E-state index contributed by atoms with van der Waals surface area (Å²) in [5.41, 5.74) is 5.13. The SMILES string of the molecule is O=C(C[C@H]1C(=O)NN=C2c3ccccc3N=CN21)NCc1ccccc1. The van der Waals surface area contributed by atoms with Crippen molar-refractivity contribution in [3.8, 4) is 0 Å². The van der Waals surface area contributed by atoms with Gasteiger partial charge in [0.1, 0.15) is 6.04 Å². The van der Waals surface area contributed by atoms with E-state index in [1.54, 1.807) is 11.2 Å². The highest BCUT2D eigenvalue weighted by molar-refractivity contribution is 6.14. The summed E-state index contributed by atoms with van der Waals surface area (Å²) in [7, 11) is 0. The highest BCUT2D eigenvalue weighted by Gasteiger charge is 2.36. The van der Waals surface area contributed by atoms with Crippen molar-refractivity contribution in [2.24, 2.45) is 10.1 Å². The minimum absolute atomic E-state index is 0.0197. The average Bonchev–Trinajstić information content (AvgIpc) is 2.69. The fourth-order valence-corrected chi connectivity index (χ4v) is 2.98. The van der Waals surface area contributed by atoms with Crippen molar-refractivity contribution in [3.05, 3.63) is 65.7 Å². The number of para-hydroxylation sites is 1. The molecule has 2 heterocycles. The zero-order valence-corrected chi connectivity index (χ0v) is 13.9. The number of nitrogens with one attached hydrogen (secondary N) is 2. The summed E-state index contributed by atoms with van der Waals surface area (Å²) in [5, 5.41) is 7.00. The molecule has 0 bridgehead atoms. The molecule has 2 aliphatic heterocycles. The van der Waals surface area contributed by atoms with Crippen LogP contribution in [0.5, 0.6) is 0 Å². The van der Waals surface area contributed by atoms with Crippen molar-refractivity contribution in [1.29, 1.82) is 0 Å². The highest BCUT2D eigenvalue weighted by Crippen LogP contribution is 2.27. The van der Waals surface area contributed by atoms with Crippen molar-refractivity contribution in [1.82, 2.24) is 15.6 Å². The van der Waals surface area contributed by atoms with Crippen LogP contribution in [0.4, 0.5) is 5.69 Å². The van der Waals surface area contributed by atoms with E-state index >= 15 is 0 Å². The van der Waals surface area contributed by atoms with Gasteiger partial charge < -0.3 is 10.2 Å². The van der Waals surface area contributed by atoms with Crippen molar-refractivity contribution in [2.45, 2.75) is 19.0 Å². The number of rotatable bonds is 4. The van der Waals surface area contributed by atoms with Gasteiger partial charge in [-0.05, 0) is 17.7 Å². The number of benzene rings is 2. The first-order chi connectivity index (χ1) is 12.7. The van der Waals surface area contributed by atoms with E-state index in [1.165, 1.54) is 0 Å². The van der Waals surface area contributed by atoms with Crippen LogP contribution >= 0.6 is 0 Å². The number of fused-ring (bicyclic) bond motifs is 3. The van der Waals surface area contributed by atoms with Crippen LogP contribution in [0.2, 0.25) is 0 Å². The Morgan fingerprint density at radius 2 is 1.88 bits per heavy atom. The van der Waals surface area contributed by atoms with Crippen LogP contribution in [-0.2, 0) is 16.1 Å². The summed E-state index contributed by atoms with van der Waals surface area (Å²) >= 11 is 0. The van der Waals surface area contributed by atoms with E-state index in [-0.39, 0.29) is 18.2 Å². The number of aliphatic imine (C=N–C) groups is 1. The summed E-state index contributed by atoms with van der Waals surface area (Å²) in [4.78, 5) is 30.6. The number of carbonyl (C=O) groups is 2. The molecule has 0 saturated carbocycles. The second kappa shape index (κ2) is 6.79. The molecule has 2 amide bonds. The Labute approximate surface area is 150 Å². The maximum Gasteiger partial charge on any atom is 0.263 e. The summed E-state index contributed by atoms with van der Waals surface area (Å²) < 4.78 is 0. The molecule has 4 rings (SSSR count). The molecule has 0 spiro atoms. The molecule has 7 heteroatoms. The molecule has 0 unspecified atom stereocenters. The van der Waals surface area contributed by atoms with E-state index in [4.69, 9.17) is 0 Å². The summed E-state index contributed by atoms with van der Waals surface area (Å²) in [6.07, 6.45) is 1.58. The number of amides is 2. The van der Waals surface area contributed by atoms with Gasteiger partial charge in [0.05, 0.1) is 18.4 Å². The molecular weight excluding hydrogens is 330 g/mol. The smallest absolute Gasteiger partial charge is 0.263 e. The van der Waals surface area contributed by atoms with Crippen LogP contribution in [0.25, 0.3) is 0 Å². The van der Waals surface area contributed by atoms with E-state index < -0.39 is 6.04 Å². The third-order valence-corrected chi connectivity index (χ3v) is 4.33. The maximum atomic E-state index is 12.3. The number of hydrazone groups is 1. The first-order valence-electron chi connectivity index (χ1n) is 8.32. The van der Waals surface area contributed by atoms with Gasteiger partial charge in [0.2, 0.25) is 5.91 Å². The van der Waals surface area contributed by atoms with Gasteiger partial charge in [-0.25, -0.2) is 10.4 Å². The van der Waals surface area contributed by atoms with Gasteiger partial charge in [-0.2, -0.15) is 5.10 Å². The normalized spacial score (nSPS) is 17.7. The Kier molecular flexibility index (Phi) is 4.18. The number of amidine groups is 1. The van der Waals surface area contributed by atoms with Crippen LogP contribution in [-0.4, -0.2) is 34.9 Å². The van der Waals surface area contributed by atoms with Crippen molar-refractivity contribution in [3.63, 3.8) is 0 Å². The molecule has 2 aromatic carbocycles. The Morgan fingerprint density at radius 3 is 2.73 bits per heavy atom. The Morgan fingerprint density at radius 1 is 1.12 bits per heavy atom. The lowest BCUT2D eigenvalue weighted by Gasteiger charge is -2.34. The van der Waals surface area contributed by atoms with Gasteiger partial charge in [0, 0.05) is 12.1 Å². The fourth-order valence-electron chi connectivity index (χ4n) is 2.98. The third-order valence-electron chi connectivity index (χ3n) is 4.33. The molecule has 0 aromatic heterocycles. The maximum absolute atomic E-state index is 12.3. The molecule has 0 aliphatic carbocycles. The third kappa shape index (κ3) is 3.06. The lowest BCUT2D eigenvalue weighted by atomic mass is 10.0. The summed E-state index contributed by atoms with van der Waals surface area (Å²) in [6, 6.07) is 16.5. The van der Waals surface area contributed by atoms with E-state index in [2.05, 4.69) is 20.8 Å². The lowest BCUT2D eigenvalue weighted by molar-refractivity contribution is -0.130. The van der Waals surface area contributed by atoms with Gasteiger partial charge in [0.15, 0.2) is 5.84 Å². The standard InChI is InChI=1S/C19H17N5O2/c25-17(20-11-13-6-2-1-3-7-13)10-16-19(26)23-22-18-14-8-4-5-9-15(14)21-12-24(16)18/h1-9,12,16H,10-11H2,(H,20,25)(H,23,26)/t16-/m0/s1. The fraction of sp³-hybridized carbons (Fsp3) is 0.158. The molecule has 0 radical (unpaired) electrons. The minimum atomic E-state index is -0.685. The van der Waals surface area contributed by atoms with Gasteiger partial charge in [-0.1, -0.05) is 42.5 Å². The first kappa shape index (κ1) is 16.0. The van der Waals surface area contributed by atoms with Crippen LogP contribution in [0.15, 0.2) is 64.7 Å². The lowest BCUT2D eigenvalue weighted by Crippen LogP contribution is -2.55. The van der Waals surface area contributed by atoms with E-state index in [0.717, 1.165) is 16.8 Å². The van der Waals surface area contributed by atoms with E-state index in [9.17, 15) is 9.59 Å². The van der Waals surface area contributed by atoms with Crippen molar-refractivity contribution >= 4 is 29.7 Å². The van der Waals surface area contributed by atoms with Gasteiger partial charge in [0.25, 0.3) is 5.91 Å². The minimum Gasteiger partial charge on any atom is -0.352 e. The second-order valence-electron chi connectivity index (χ2n) is 6.06. The predicted molar refractivity (Wildman–Crippen MR) is 97.8 cm³/mol. The van der Waals surface area contributed by atoms with Gasteiger partial charge in [-0.15, -0.1) is 0 Å². The largest absolute Gasteiger partial charge is 0.352 e. The molecule has 130 valence electrons. The van der Waals surface area contributed by atoms with Crippen LogP contribution in [0.1, 0.15) is 17.5 Å². The molecule has 2 aliphatic rings. The first-order valence-corrected chi connectivity index (χ1v) is 8.32. The molecule has 2 N–H and O–H groups in total. The second-order valence-corrected chi connectivity index (χ2v) is 6.06. The molecule has 0 fully saturated rings. The summed E-state index contributed by atoms with van der Waals surface area (Å²) in [6.45, 7) is 0.423. The number of nitrogens with zero attached hydrogens (tertiary/aromatic N) is 3. The Hall–Kier alpha value is -3.48. The van der Waals surface area contributed by atoms with E-state index in [0.29, 0.717) is 12.4 Å². The molecule has 7 nitrogen and oxygen atoms in total. The number of hydrogen-bond acceptors (Lipinski definition) is 5. The van der Waals surface area contributed by atoms with Crippen molar-refractivity contribution < 1.29 is 9.59 Å². The highest BCUT2D eigenvalue weighted by atomic mass is 16.2. The predicted octanol–water partition coefficient (Wildman–Crippen LogP) is 1.53. The molecule has 0 saturated heterocycles. The topological polar surface area (TPSA) is 86.2 Å². The zero-order chi connectivity index (χ0) is 17.9. The van der Waals surface area contributed by atoms with Crippen LogP contribution in [0, 0.1) is 0 Å². The molecule has 1 atom stereocenters. The Bertz CT molecular complexity index is 907. The summed E-state index contributed by atoms with van der Waals surface area (Å²) in [5.74, 6) is 0.0630. The van der Waals surface area contributed by atoms with Gasteiger partial charge in [-0.3, -0.25) is 9.59 Å². The molecule has 2 aromatic rings. The molecule has 26 heavy (non-hydrogen) atoms. The molecular formula is C19H17N5O2. The van der Waals surface area contributed by atoms with Gasteiger partial charge >= 0.3 is 0 Å². The zero-order valence-electron chi connectivity index (χ0n) is 13.9. The average molecular weight is 347 g/mol. The monoisotopic (exact) mass is 347 g/mol. The number of hydrogen-bond donors (Lipinski definition) is 2. The van der Waals surface area contributed by atoms with Crippen LogP contribution < -0.4 is 10.7 Å². The Balaban J connectivity index is 1.48. The van der Waals surface area contributed by atoms with Crippen molar-refractivity contribution in [2.75, 3.05) is 0 Å². The number of carbonyl (C=O) groups excluding carboxylic acids is 2. The quantitative estimate of drug-likeness (QED) is 0.879. The van der Waals surface area contributed by atoms with Crippen LogP contribution in [0.3, 0.4) is 0 Å². The van der Waals surface area contributed by atoms with E-state index in [1.807, 2.05) is 54.6 Å².